The molecule has 0 saturated heterocycles. The number of methoxy groups -OCH3 is 1. The molecular formula is C13H18O4. The molecule has 0 aliphatic heterocycles. The zero-order chi connectivity index (χ0) is 12.8. The lowest BCUT2D eigenvalue weighted by Gasteiger charge is -2.13. The smallest absolute Gasteiger partial charge is 0.305 e. The highest BCUT2D eigenvalue weighted by atomic mass is 16.5. The number of ether oxygens (including phenoxy) is 1. The van der Waals surface area contributed by atoms with Crippen molar-refractivity contribution >= 4 is 5.97 Å². The maximum atomic E-state index is 10.5. The van der Waals surface area contributed by atoms with Crippen LogP contribution >= 0.6 is 0 Å². The lowest BCUT2D eigenvalue weighted by molar-refractivity contribution is -0.139. The van der Waals surface area contributed by atoms with Gasteiger partial charge in [0.1, 0.15) is 5.75 Å². The predicted octanol–water partition coefficient (Wildman–Crippen LogP) is 1.64. The van der Waals surface area contributed by atoms with Crippen LogP contribution in [0.3, 0.4) is 0 Å². The van der Waals surface area contributed by atoms with Crippen molar-refractivity contribution in [3.8, 4) is 5.75 Å². The predicted molar refractivity (Wildman–Crippen MR) is 64.3 cm³/mol. The molecule has 4 nitrogen and oxygen atoms in total. The molecule has 0 aliphatic rings. The van der Waals surface area contributed by atoms with E-state index in [9.17, 15) is 9.90 Å². The number of carboxylic acid groups (broad SMARTS) is 1. The number of aliphatic hydroxyl groups is 1. The first-order valence-electron chi connectivity index (χ1n) is 5.62. The molecule has 1 aromatic carbocycles. The van der Waals surface area contributed by atoms with Gasteiger partial charge in [0.15, 0.2) is 0 Å². The van der Waals surface area contributed by atoms with Gasteiger partial charge in [0, 0.05) is 6.42 Å². The fraction of sp³-hybridized carbons (Fsp3) is 0.462. The maximum absolute atomic E-state index is 10.5. The summed E-state index contributed by atoms with van der Waals surface area (Å²) < 4.78 is 5.19. The number of carboxylic acids is 1. The second kappa shape index (κ2) is 6.25. The third-order valence-corrected chi connectivity index (χ3v) is 2.62. The Hall–Kier alpha value is -1.55. The van der Waals surface area contributed by atoms with Crippen LogP contribution in [0.1, 0.15) is 24.5 Å². The molecule has 0 spiro atoms. The lowest BCUT2D eigenvalue weighted by Crippen LogP contribution is -2.16. The van der Waals surface area contributed by atoms with Crippen molar-refractivity contribution in [3.63, 3.8) is 0 Å². The van der Waals surface area contributed by atoms with E-state index < -0.39 is 12.1 Å². The summed E-state index contributed by atoms with van der Waals surface area (Å²) in [6.45, 7) is 2.04. The summed E-state index contributed by atoms with van der Waals surface area (Å²) in [4.78, 5) is 10.5. The quantitative estimate of drug-likeness (QED) is 0.790. The van der Waals surface area contributed by atoms with Crippen molar-refractivity contribution in [2.24, 2.45) is 0 Å². The average molecular weight is 238 g/mol. The second-order valence-electron chi connectivity index (χ2n) is 3.96. The van der Waals surface area contributed by atoms with Gasteiger partial charge in [0.05, 0.1) is 19.6 Å². The van der Waals surface area contributed by atoms with E-state index in [2.05, 4.69) is 0 Å². The number of aliphatic carboxylic acids is 1. The minimum atomic E-state index is -0.997. The Morgan fingerprint density at radius 1 is 1.47 bits per heavy atom. The zero-order valence-corrected chi connectivity index (χ0v) is 10.1. The highest BCUT2D eigenvalue weighted by molar-refractivity contribution is 5.67. The van der Waals surface area contributed by atoms with E-state index in [1.807, 2.05) is 25.1 Å². The van der Waals surface area contributed by atoms with Crippen LogP contribution in [0.5, 0.6) is 5.75 Å². The van der Waals surface area contributed by atoms with Gasteiger partial charge in [0.25, 0.3) is 0 Å². The van der Waals surface area contributed by atoms with E-state index in [1.165, 1.54) is 0 Å². The minimum Gasteiger partial charge on any atom is -0.496 e. The molecule has 0 aromatic heterocycles. The fourth-order valence-corrected chi connectivity index (χ4v) is 1.74. The Labute approximate surface area is 101 Å². The number of hydrogen-bond donors (Lipinski definition) is 2. The number of aliphatic hydroxyl groups excluding tert-OH is 1. The molecule has 1 rings (SSSR count). The fourth-order valence-electron chi connectivity index (χ4n) is 1.74. The summed E-state index contributed by atoms with van der Waals surface area (Å²) in [6, 6.07) is 5.76. The number of rotatable bonds is 6. The SMILES string of the molecule is CCc1ccc(OC)c(CC(O)CC(=O)O)c1. The molecule has 17 heavy (non-hydrogen) atoms. The van der Waals surface area contributed by atoms with Gasteiger partial charge in [-0.15, -0.1) is 0 Å². The molecular weight excluding hydrogens is 220 g/mol. The second-order valence-corrected chi connectivity index (χ2v) is 3.96. The first kappa shape index (κ1) is 13.5. The van der Waals surface area contributed by atoms with Gasteiger partial charge in [-0.2, -0.15) is 0 Å². The van der Waals surface area contributed by atoms with Crippen molar-refractivity contribution < 1.29 is 19.7 Å². The Balaban J connectivity index is 2.83. The Kier molecular flexibility index (Phi) is 4.97. The maximum Gasteiger partial charge on any atom is 0.305 e. The molecule has 1 atom stereocenters. The number of carbonyl (C=O) groups is 1. The number of benzene rings is 1. The zero-order valence-electron chi connectivity index (χ0n) is 10.1. The lowest BCUT2D eigenvalue weighted by atomic mass is 10.0. The standard InChI is InChI=1S/C13H18O4/c1-3-9-4-5-12(17-2)10(6-9)7-11(14)8-13(15)16/h4-6,11,14H,3,7-8H2,1-2H3,(H,15,16). The van der Waals surface area contributed by atoms with Crippen LogP contribution in [0.2, 0.25) is 0 Å². The first-order valence-corrected chi connectivity index (χ1v) is 5.62. The van der Waals surface area contributed by atoms with Gasteiger partial charge in [-0.25, -0.2) is 0 Å². The van der Waals surface area contributed by atoms with E-state index in [-0.39, 0.29) is 6.42 Å². The molecule has 0 saturated carbocycles. The molecule has 0 fully saturated rings. The van der Waals surface area contributed by atoms with Gasteiger partial charge in [0.2, 0.25) is 0 Å². The van der Waals surface area contributed by atoms with E-state index in [0.29, 0.717) is 12.2 Å². The summed E-state index contributed by atoms with van der Waals surface area (Å²) in [5.74, 6) is -0.310. The van der Waals surface area contributed by atoms with Gasteiger partial charge < -0.3 is 14.9 Å². The molecule has 0 bridgehead atoms. The van der Waals surface area contributed by atoms with E-state index >= 15 is 0 Å². The van der Waals surface area contributed by atoms with Gasteiger partial charge >= 0.3 is 5.97 Å². The molecule has 1 unspecified atom stereocenters. The topological polar surface area (TPSA) is 66.8 Å². The molecule has 0 radical (unpaired) electrons. The largest absolute Gasteiger partial charge is 0.496 e. The van der Waals surface area contributed by atoms with E-state index in [1.54, 1.807) is 7.11 Å². The van der Waals surface area contributed by atoms with Crippen molar-refractivity contribution in [2.75, 3.05) is 7.11 Å². The monoisotopic (exact) mass is 238 g/mol. The molecule has 94 valence electrons. The van der Waals surface area contributed by atoms with Gasteiger partial charge in [-0.3, -0.25) is 4.79 Å². The Morgan fingerprint density at radius 3 is 2.71 bits per heavy atom. The summed E-state index contributed by atoms with van der Waals surface area (Å²) in [7, 11) is 1.56. The summed E-state index contributed by atoms with van der Waals surface area (Å²) in [6.07, 6.45) is 0.0583. The van der Waals surface area contributed by atoms with Crippen molar-refractivity contribution in [1.29, 1.82) is 0 Å². The van der Waals surface area contributed by atoms with Crippen LogP contribution < -0.4 is 4.74 Å². The third kappa shape index (κ3) is 4.07. The first-order chi connectivity index (χ1) is 8.06. The third-order valence-electron chi connectivity index (χ3n) is 2.62. The average Bonchev–Trinajstić information content (AvgIpc) is 2.27. The van der Waals surface area contributed by atoms with Crippen molar-refractivity contribution in [3.05, 3.63) is 29.3 Å². The van der Waals surface area contributed by atoms with Crippen LogP contribution in [0, 0.1) is 0 Å². The van der Waals surface area contributed by atoms with Crippen LogP contribution in [-0.4, -0.2) is 29.4 Å². The van der Waals surface area contributed by atoms with Crippen molar-refractivity contribution in [1.82, 2.24) is 0 Å². The molecule has 0 amide bonds. The van der Waals surface area contributed by atoms with Crippen molar-refractivity contribution in [2.45, 2.75) is 32.3 Å². The summed E-state index contributed by atoms with van der Waals surface area (Å²) in [5.41, 5.74) is 1.99. The molecule has 0 aliphatic carbocycles. The highest BCUT2D eigenvalue weighted by Crippen LogP contribution is 2.22. The Bertz CT molecular complexity index is 387. The molecule has 2 N–H and O–H groups in total. The van der Waals surface area contributed by atoms with E-state index in [0.717, 1.165) is 17.5 Å². The van der Waals surface area contributed by atoms with E-state index in [4.69, 9.17) is 9.84 Å². The van der Waals surface area contributed by atoms with Gasteiger partial charge in [-0.05, 0) is 23.6 Å². The number of aryl methyl sites for hydroxylation is 1. The molecule has 4 heteroatoms. The van der Waals surface area contributed by atoms with Crippen LogP contribution in [0.15, 0.2) is 18.2 Å². The molecule has 0 heterocycles. The highest BCUT2D eigenvalue weighted by Gasteiger charge is 2.13. The Morgan fingerprint density at radius 2 is 2.18 bits per heavy atom. The summed E-state index contributed by atoms with van der Waals surface area (Å²) >= 11 is 0. The van der Waals surface area contributed by atoms with Crippen LogP contribution in [-0.2, 0) is 17.6 Å². The molecule has 1 aromatic rings. The number of hydrogen-bond acceptors (Lipinski definition) is 3. The summed E-state index contributed by atoms with van der Waals surface area (Å²) in [5, 5.41) is 18.2. The minimum absolute atomic E-state index is 0.250. The van der Waals surface area contributed by atoms with Gasteiger partial charge in [-0.1, -0.05) is 19.1 Å². The normalized spacial score (nSPS) is 12.2. The van der Waals surface area contributed by atoms with Crippen LogP contribution in [0.4, 0.5) is 0 Å². The van der Waals surface area contributed by atoms with Crippen LogP contribution in [0.25, 0.3) is 0 Å².